The van der Waals surface area contributed by atoms with Crippen molar-refractivity contribution < 1.29 is 4.74 Å². The fourth-order valence-electron chi connectivity index (χ4n) is 1.28. The molecular formula is C12H18N2OS. The van der Waals surface area contributed by atoms with Crippen molar-refractivity contribution in [1.82, 2.24) is 5.32 Å². The Morgan fingerprint density at radius 2 is 2.06 bits per heavy atom. The van der Waals surface area contributed by atoms with Gasteiger partial charge in [-0.1, -0.05) is 18.2 Å². The van der Waals surface area contributed by atoms with Gasteiger partial charge in [0.1, 0.15) is 0 Å². The quantitative estimate of drug-likeness (QED) is 0.772. The van der Waals surface area contributed by atoms with Crippen molar-refractivity contribution in [3.63, 3.8) is 0 Å². The molecule has 0 fully saturated rings. The lowest BCUT2D eigenvalue weighted by atomic mass is 10.3. The van der Waals surface area contributed by atoms with Crippen molar-refractivity contribution in [3.8, 4) is 0 Å². The minimum Gasteiger partial charge on any atom is -0.377 e. The standard InChI is InChI=1S/C12H18N2OS/c1-3-15-10(2)9-13-12(16)14-11-7-5-4-6-8-11/h4-8,10H,3,9H2,1-2H3,(H2,13,14,16). The van der Waals surface area contributed by atoms with E-state index in [0.717, 1.165) is 12.3 Å². The number of para-hydroxylation sites is 1. The molecular weight excluding hydrogens is 220 g/mol. The Morgan fingerprint density at radius 1 is 1.38 bits per heavy atom. The normalized spacial score (nSPS) is 11.9. The van der Waals surface area contributed by atoms with Crippen molar-refractivity contribution in [2.75, 3.05) is 18.5 Å². The van der Waals surface area contributed by atoms with Gasteiger partial charge in [0, 0.05) is 18.8 Å². The van der Waals surface area contributed by atoms with Crippen LogP contribution in [0.25, 0.3) is 0 Å². The van der Waals surface area contributed by atoms with Gasteiger partial charge in [0.25, 0.3) is 0 Å². The molecule has 88 valence electrons. The van der Waals surface area contributed by atoms with Gasteiger partial charge in [0.15, 0.2) is 5.11 Å². The van der Waals surface area contributed by atoms with Crippen LogP contribution in [0.15, 0.2) is 30.3 Å². The number of nitrogens with one attached hydrogen (secondary N) is 2. The zero-order valence-electron chi connectivity index (χ0n) is 9.69. The van der Waals surface area contributed by atoms with Gasteiger partial charge in [0.2, 0.25) is 0 Å². The molecule has 0 heterocycles. The summed E-state index contributed by atoms with van der Waals surface area (Å²) in [6.45, 7) is 5.44. The van der Waals surface area contributed by atoms with Crippen LogP contribution in [0.4, 0.5) is 5.69 Å². The number of anilines is 1. The van der Waals surface area contributed by atoms with Gasteiger partial charge in [0.05, 0.1) is 6.10 Å². The molecule has 1 rings (SSSR count). The topological polar surface area (TPSA) is 33.3 Å². The lowest BCUT2D eigenvalue weighted by Gasteiger charge is -2.15. The molecule has 0 aliphatic heterocycles. The summed E-state index contributed by atoms with van der Waals surface area (Å²) in [4.78, 5) is 0. The van der Waals surface area contributed by atoms with Gasteiger partial charge in [-0.05, 0) is 38.2 Å². The van der Waals surface area contributed by atoms with Crippen LogP contribution in [-0.4, -0.2) is 24.4 Å². The van der Waals surface area contributed by atoms with Gasteiger partial charge in [-0.25, -0.2) is 0 Å². The summed E-state index contributed by atoms with van der Waals surface area (Å²) in [5.74, 6) is 0. The summed E-state index contributed by atoms with van der Waals surface area (Å²) in [5.41, 5.74) is 0.990. The van der Waals surface area contributed by atoms with E-state index in [1.165, 1.54) is 0 Å². The molecule has 0 aliphatic carbocycles. The summed E-state index contributed by atoms with van der Waals surface area (Å²) in [7, 11) is 0. The maximum absolute atomic E-state index is 5.39. The van der Waals surface area contributed by atoms with Crippen molar-refractivity contribution in [1.29, 1.82) is 0 Å². The van der Waals surface area contributed by atoms with Crippen molar-refractivity contribution >= 4 is 23.0 Å². The van der Waals surface area contributed by atoms with E-state index < -0.39 is 0 Å². The van der Waals surface area contributed by atoms with Crippen LogP contribution in [0.1, 0.15) is 13.8 Å². The third-order valence-corrected chi connectivity index (χ3v) is 2.28. The Bertz CT molecular complexity index is 316. The lowest BCUT2D eigenvalue weighted by molar-refractivity contribution is 0.0795. The van der Waals surface area contributed by atoms with Crippen LogP contribution in [0, 0.1) is 0 Å². The van der Waals surface area contributed by atoms with Gasteiger partial charge < -0.3 is 15.4 Å². The van der Waals surface area contributed by atoms with E-state index in [9.17, 15) is 0 Å². The van der Waals surface area contributed by atoms with E-state index in [1.807, 2.05) is 44.2 Å². The fourth-order valence-corrected chi connectivity index (χ4v) is 1.48. The molecule has 1 unspecified atom stereocenters. The molecule has 0 spiro atoms. The van der Waals surface area contributed by atoms with Crippen molar-refractivity contribution in [2.45, 2.75) is 20.0 Å². The average molecular weight is 238 g/mol. The first-order valence-electron chi connectivity index (χ1n) is 5.44. The third-order valence-electron chi connectivity index (χ3n) is 2.03. The SMILES string of the molecule is CCOC(C)CNC(=S)Nc1ccccc1. The van der Waals surface area contributed by atoms with Crippen molar-refractivity contribution in [3.05, 3.63) is 30.3 Å². The number of ether oxygens (including phenoxy) is 1. The van der Waals surface area contributed by atoms with Crippen LogP contribution in [0.3, 0.4) is 0 Å². The van der Waals surface area contributed by atoms with E-state index in [-0.39, 0.29) is 6.10 Å². The molecule has 4 heteroatoms. The van der Waals surface area contributed by atoms with Crippen LogP contribution >= 0.6 is 12.2 Å². The van der Waals surface area contributed by atoms with Crippen LogP contribution in [-0.2, 0) is 4.74 Å². The maximum Gasteiger partial charge on any atom is 0.170 e. The Morgan fingerprint density at radius 3 is 2.69 bits per heavy atom. The monoisotopic (exact) mass is 238 g/mol. The number of rotatable bonds is 5. The Kier molecular flexibility index (Phi) is 5.82. The second-order valence-corrected chi connectivity index (χ2v) is 3.88. The molecule has 0 bridgehead atoms. The van der Waals surface area contributed by atoms with E-state index in [2.05, 4.69) is 10.6 Å². The van der Waals surface area contributed by atoms with E-state index in [1.54, 1.807) is 0 Å². The first-order chi connectivity index (χ1) is 7.72. The summed E-state index contributed by atoms with van der Waals surface area (Å²) in [6.07, 6.45) is 0.167. The molecule has 0 saturated carbocycles. The van der Waals surface area contributed by atoms with Gasteiger partial charge in [-0.3, -0.25) is 0 Å². The summed E-state index contributed by atoms with van der Waals surface area (Å²) in [5, 5.41) is 6.84. The minimum atomic E-state index is 0.167. The van der Waals surface area contributed by atoms with E-state index in [0.29, 0.717) is 11.7 Å². The average Bonchev–Trinajstić information content (AvgIpc) is 2.28. The molecule has 0 aliphatic rings. The predicted octanol–water partition coefficient (Wildman–Crippen LogP) is 2.40. The Labute approximate surface area is 102 Å². The first-order valence-corrected chi connectivity index (χ1v) is 5.84. The molecule has 1 atom stereocenters. The molecule has 1 aromatic rings. The highest BCUT2D eigenvalue weighted by atomic mass is 32.1. The van der Waals surface area contributed by atoms with Crippen molar-refractivity contribution in [2.24, 2.45) is 0 Å². The number of hydrogen-bond acceptors (Lipinski definition) is 2. The smallest absolute Gasteiger partial charge is 0.170 e. The van der Waals surface area contributed by atoms with Gasteiger partial charge in [-0.2, -0.15) is 0 Å². The number of thiocarbonyl (C=S) groups is 1. The molecule has 16 heavy (non-hydrogen) atoms. The number of benzene rings is 1. The zero-order valence-corrected chi connectivity index (χ0v) is 10.5. The minimum absolute atomic E-state index is 0.167. The second-order valence-electron chi connectivity index (χ2n) is 3.47. The van der Waals surface area contributed by atoms with E-state index >= 15 is 0 Å². The highest BCUT2D eigenvalue weighted by Crippen LogP contribution is 2.04. The lowest BCUT2D eigenvalue weighted by Crippen LogP contribution is -2.35. The Hall–Kier alpha value is -1.13. The largest absolute Gasteiger partial charge is 0.377 e. The highest BCUT2D eigenvalue weighted by Gasteiger charge is 2.01. The maximum atomic E-state index is 5.39. The molecule has 3 nitrogen and oxygen atoms in total. The number of hydrogen-bond donors (Lipinski definition) is 2. The summed E-state index contributed by atoms with van der Waals surface area (Å²) in [6, 6.07) is 9.85. The first kappa shape index (κ1) is 12.9. The molecule has 0 aromatic heterocycles. The zero-order chi connectivity index (χ0) is 11.8. The summed E-state index contributed by atoms with van der Waals surface area (Å²) < 4.78 is 5.39. The molecule has 1 aromatic carbocycles. The van der Waals surface area contributed by atoms with Gasteiger partial charge in [-0.15, -0.1) is 0 Å². The Balaban J connectivity index is 2.26. The highest BCUT2D eigenvalue weighted by molar-refractivity contribution is 7.80. The molecule has 0 radical (unpaired) electrons. The van der Waals surface area contributed by atoms with Gasteiger partial charge >= 0.3 is 0 Å². The van der Waals surface area contributed by atoms with E-state index in [4.69, 9.17) is 17.0 Å². The van der Waals surface area contributed by atoms with Crippen LogP contribution < -0.4 is 10.6 Å². The third kappa shape index (κ3) is 5.09. The molecule has 0 amide bonds. The molecule has 0 saturated heterocycles. The fraction of sp³-hybridized carbons (Fsp3) is 0.417. The van der Waals surface area contributed by atoms with Crippen LogP contribution in [0.2, 0.25) is 0 Å². The summed E-state index contributed by atoms with van der Waals surface area (Å²) >= 11 is 5.16. The second kappa shape index (κ2) is 7.19. The van der Waals surface area contributed by atoms with Crippen LogP contribution in [0.5, 0.6) is 0 Å². The molecule has 2 N–H and O–H groups in total. The predicted molar refractivity (Wildman–Crippen MR) is 71.8 cm³/mol.